The van der Waals surface area contributed by atoms with Crippen LogP contribution in [-0.2, 0) is 24.4 Å². The van der Waals surface area contributed by atoms with E-state index in [9.17, 15) is 41.1 Å². The van der Waals surface area contributed by atoms with Gasteiger partial charge < -0.3 is 29.5 Å². The highest BCUT2D eigenvalue weighted by Crippen LogP contribution is 2.47. The number of hydrogen-bond acceptors (Lipinski definition) is 10. The van der Waals surface area contributed by atoms with Gasteiger partial charge in [0, 0.05) is 29.9 Å². The lowest BCUT2D eigenvalue weighted by atomic mass is 9.82. The highest BCUT2D eigenvalue weighted by atomic mass is 32.2. The molecule has 3 N–H and O–H groups in total. The molecule has 15 nitrogen and oxygen atoms in total. The van der Waals surface area contributed by atoms with Crippen molar-refractivity contribution in [3.05, 3.63) is 36.4 Å². The van der Waals surface area contributed by atoms with Crippen LogP contribution < -0.4 is 24.2 Å². The molecule has 2 aliphatic heterocycles. The number of amides is 4. The highest BCUT2D eigenvalue weighted by molar-refractivity contribution is 7.91. The van der Waals surface area contributed by atoms with Gasteiger partial charge in [-0.1, -0.05) is 32.4 Å². The largest absolute Gasteiger partial charge is 0.497 e. The fraction of sp³-hybridized carbons (Fsp3) is 0.625. The van der Waals surface area contributed by atoms with Gasteiger partial charge in [-0.3, -0.25) is 24.0 Å². The zero-order valence-electron chi connectivity index (χ0n) is 33.9. The van der Waals surface area contributed by atoms with E-state index in [-0.39, 0.29) is 54.7 Å². The Morgan fingerprint density at radius 3 is 2.42 bits per heavy atom. The Hall–Kier alpha value is -4.81. The maximum atomic E-state index is 15.2. The predicted molar refractivity (Wildman–Crippen MR) is 208 cm³/mol. The number of methoxy groups -OCH3 is 2. The van der Waals surface area contributed by atoms with Gasteiger partial charge in [-0.05, 0) is 76.3 Å². The first-order valence-corrected chi connectivity index (χ1v) is 21.4. The van der Waals surface area contributed by atoms with E-state index >= 15 is 4.79 Å². The molecule has 2 aromatic rings. The number of ether oxygens (including phenoxy) is 3. The quantitative estimate of drug-likeness (QED) is 0.267. The number of benzene rings is 1. The SMILES string of the molecule is CC[C@@H]1C[C@H](C)CCC=C[C@@H]2C[C@@]2(C(=O)NS(=O)(=O)C2CC2)NC(=O)[C@@H]2C[C@@H](Oc3cc(OC)nc4cc(OC)ccc34)CN2C(=O)[C@H]1N(C(=O)O)C(C)(C)C(F)(F)F. The van der Waals surface area contributed by atoms with Crippen molar-refractivity contribution in [1.29, 1.82) is 0 Å². The molecule has 1 aromatic heterocycles. The Labute approximate surface area is 341 Å². The normalized spacial score (nSPS) is 28.1. The van der Waals surface area contributed by atoms with Gasteiger partial charge in [-0.25, -0.2) is 18.2 Å². The standard InChI is InChI=1S/C40H52F3N5O10S/c1-7-23-16-22(2)10-8-9-11-24-20-39(24,36(51)46-59(54,55)27-13-14-27)45-34(49)30-18-26(58-31-19-32(57-6)44-29-17-25(56-5)12-15-28(29)31)21-47(30)35(50)33(23)48(37(52)53)38(3,4)40(41,42)43/h9,11-12,15,17,19,22-24,26-27,30,33H,7-8,10,13-14,16,18,20-21H2,1-6H3,(H,45,49)(H,46,51)(H,52,53)/t22-,23-,24-,26-,30+,33+,39-/m1/s1. The van der Waals surface area contributed by atoms with Crippen LogP contribution in [0, 0.1) is 17.8 Å². The van der Waals surface area contributed by atoms with E-state index in [0.717, 1.165) is 4.90 Å². The maximum Gasteiger partial charge on any atom is 0.411 e. The zero-order valence-corrected chi connectivity index (χ0v) is 34.7. The Morgan fingerprint density at radius 2 is 1.81 bits per heavy atom. The van der Waals surface area contributed by atoms with E-state index in [0.29, 0.717) is 56.2 Å². The summed E-state index contributed by atoms with van der Waals surface area (Å²) in [6, 6.07) is 3.14. The van der Waals surface area contributed by atoms with Crippen LogP contribution in [0.3, 0.4) is 0 Å². The fourth-order valence-electron chi connectivity index (χ4n) is 8.33. The molecule has 0 unspecified atom stereocenters. The Bertz CT molecular complexity index is 2110. The third-order valence-corrected chi connectivity index (χ3v) is 14.0. The highest BCUT2D eigenvalue weighted by Gasteiger charge is 2.63. The van der Waals surface area contributed by atoms with Crippen molar-refractivity contribution >= 4 is 44.7 Å². The third kappa shape index (κ3) is 8.75. The number of aromatic nitrogens is 1. The average Bonchev–Trinajstić information content (AvgIpc) is 4.10. The van der Waals surface area contributed by atoms with E-state index in [1.54, 1.807) is 31.2 Å². The topological polar surface area (TPSA) is 194 Å². The molecule has 4 amide bonds. The van der Waals surface area contributed by atoms with Crippen LogP contribution in [0.2, 0.25) is 0 Å². The predicted octanol–water partition coefficient (Wildman–Crippen LogP) is 5.18. The number of sulfonamides is 1. The summed E-state index contributed by atoms with van der Waals surface area (Å²) in [5.41, 5.74) is -4.33. The molecule has 4 aliphatic rings. The number of nitrogens with one attached hydrogen (secondary N) is 2. The van der Waals surface area contributed by atoms with Crippen molar-refractivity contribution in [2.45, 2.75) is 120 Å². The van der Waals surface area contributed by atoms with Crippen molar-refractivity contribution in [2.24, 2.45) is 17.8 Å². The smallest absolute Gasteiger partial charge is 0.411 e. The molecule has 0 bridgehead atoms. The van der Waals surface area contributed by atoms with Crippen molar-refractivity contribution < 1.29 is 60.1 Å². The number of hydrogen-bond donors (Lipinski definition) is 3. The second kappa shape index (κ2) is 16.3. The van der Waals surface area contributed by atoms with Crippen LogP contribution in [0.5, 0.6) is 17.4 Å². The molecule has 0 spiro atoms. The first kappa shape index (κ1) is 43.8. The van der Waals surface area contributed by atoms with Crippen LogP contribution in [0.1, 0.15) is 79.1 Å². The summed E-state index contributed by atoms with van der Waals surface area (Å²) in [7, 11) is -1.15. The minimum Gasteiger partial charge on any atom is -0.497 e. The number of fused-ring (bicyclic) bond motifs is 3. The number of carboxylic acid groups (broad SMARTS) is 1. The molecule has 7 atom stereocenters. The first-order chi connectivity index (χ1) is 27.7. The Kier molecular flexibility index (Phi) is 12.1. The number of halogens is 3. The van der Waals surface area contributed by atoms with Crippen LogP contribution in [0.25, 0.3) is 10.9 Å². The van der Waals surface area contributed by atoms with Gasteiger partial charge in [-0.2, -0.15) is 13.2 Å². The van der Waals surface area contributed by atoms with E-state index < -0.39 is 86.4 Å². The lowest BCUT2D eigenvalue weighted by molar-refractivity contribution is -0.222. The van der Waals surface area contributed by atoms with Crippen molar-refractivity contribution in [2.75, 3.05) is 20.8 Å². The Balaban J connectivity index is 1.45. The summed E-state index contributed by atoms with van der Waals surface area (Å²) < 4.78 is 89.6. The number of alkyl halides is 3. The third-order valence-electron chi connectivity index (χ3n) is 12.2. The molecule has 0 radical (unpaired) electrons. The molecule has 3 heterocycles. The molecule has 2 aliphatic carbocycles. The summed E-state index contributed by atoms with van der Waals surface area (Å²) in [5, 5.41) is 13.1. The lowest BCUT2D eigenvalue weighted by Crippen LogP contribution is -2.66. The van der Waals surface area contributed by atoms with Crippen LogP contribution in [0.15, 0.2) is 36.4 Å². The fourth-order valence-corrected chi connectivity index (χ4v) is 9.70. The molecular formula is C40H52F3N5O10S. The number of pyridine rings is 1. The first-order valence-electron chi connectivity index (χ1n) is 19.8. The van der Waals surface area contributed by atoms with E-state index in [1.165, 1.54) is 20.3 Å². The number of allylic oxidation sites excluding steroid dienone is 1. The summed E-state index contributed by atoms with van der Waals surface area (Å²) in [6.07, 6.45) is -2.62. The monoisotopic (exact) mass is 851 g/mol. The molecule has 1 aromatic carbocycles. The van der Waals surface area contributed by atoms with Crippen LogP contribution in [-0.4, -0.2) is 114 Å². The lowest BCUT2D eigenvalue weighted by Gasteiger charge is -2.46. The van der Waals surface area contributed by atoms with Gasteiger partial charge in [0.05, 0.1) is 31.5 Å². The number of carbonyl (C=O) groups excluding carboxylic acids is 3. The van der Waals surface area contributed by atoms with Gasteiger partial charge in [0.15, 0.2) is 0 Å². The van der Waals surface area contributed by atoms with Crippen molar-refractivity contribution in [1.82, 2.24) is 24.8 Å². The molecule has 324 valence electrons. The van der Waals surface area contributed by atoms with Gasteiger partial charge in [0.25, 0.3) is 5.91 Å². The van der Waals surface area contributed by atoms with Gasteiger partial charge >= 0.3 is 12.3 Å². The van der Waals surface area contributed by atoms with E-state index in [1.807, 2.05) is 13.0 Å². The maximum absolute atomic E-state index is 15.2. The van der Waals surface area contributed by atoms with E-state index in [2.05, 4.69) is 15.0 Å². The Morgan fingerprint density at radius 1 is 1.10 bits per heavy atom. The average molecular weight is 852 g/mol. The molecule has 19 heteroatoms. The van der Waals surface area contributed by atoms with Gasteiger partial charge in [0.2, 0.25) is 27.7 Å². The summed E-state index contributed by atoms with van der Waals surface area (Å²) in [6.45, 7) is 4.58. The molecule has 59 heavy (non-hydrogen) atoms. The van der Waals surface area contributed by atoms with E-state index in [4.69, 9.17) is 14.2 Å². The van der Waals surface area contributed by atoms with Crippen LogP contribution >= 0.6 is 0 Å². The molecule has 6 rings (SSSR count). The molecule has 2 saturated carbocycles. The van der Waals surface area contributed by atoms with Crippen molar-refractivity contribution in [3.8, 4) is 17.4 Å². The number of rotatable bonds is 10. The summed E-state index contributed by atoms with van der Waals surface area (Å²) in [4.78, 5) is 62.4. The number of nitrogens with zero attached hydrogens (tertiary/aromatic N) is 3. The second-order valence-electron chi connectivity index (χ2n) is 16.6. The molecular weight excluding hydrogens is 800 g/mol. The van der Waals surface area contributed by atoms with Gasteiger partial charge in [0.1, 0.15) is 40.8 Å². The van der Waals surface area contributed by atoms with Gasteiger partial charge in [-0.15, -0.1) is 0 Å². The molecule has 3 fully saturated rings. The molecule has 1 saturated heterocycles. The minimum atomic E-state index is -5.10. The van der Waals surface area contributed by atoms with Crippen LogP contribution in [0.4, 0.5) is 18.0 Å². The second-order valence-corrected chi connectivity index (χ2v) is 18.6. The summed E-state index contributed by atoms with van der Waals surface area (Å²) >= 11 is 0. The van der Waals surface area contributed by atoms with Crippen molar-refractivity contribution in [3.63, 3.8) is 0 Å². The minimum absolute atomic E-state index is 0.0523. The number of carbonyl (C=O) groups is 4. The zero-order chi connectivity index (χ0) is 43.2. The summed E-state index contributed by atoms with van der Waals surface area (Å²) in [5.74, 6) is -3.66.